The van der Waals surface area contributed by atoms with E-state index in [0.29, 0.717) is 14.8 Å². The Morgan fingerprint density at radius 2 is 2.07 bits per heavy atom. The third-order valence-electron chi connectivity index (χ3n) is 1.51. The lowest BCUT2D eigenvalue weighted by Crippen LogP contribution is -1.78. The van der Waals surface area contributed by atoms with Crippen molar-refractivity contribution in [2.75, 3.05) is 0 Å². The summed E-state index contributed by atoms with van der Waals surface area (Å²) in [7, 11) is 0. The Morgan fingerprint density at radius 1 is 1.29 bits per heavy atom. The molecule has 0 spiro atoms. The molecule has 0 N–H and O–H groups in total. The van der Waals surface area contributed by atoms with E-state index in [1.807, 2.05) is 28.7 Å². The molecule has 2 rings (SSSR count). The minimum atomic E-state index is 0.470. The fourth-order valence-corrected chi connectivity index (χ4v) is 2.18. The minimum absolute atomic E-state index is 0.470. The normalized spacial score (nSPS) is 10.5. The van der Waals surface area contributed by atoms with Crippen LogP contribution in [0.3, 0.4) is 0 Å². The summed E-state index contributed by atoms with van der Waals surface area (Å²) in [5, 5.41) is 8.26. The van der Waals surface area contributed by atoms with E-state index >= 15 is 0 Å². The van der Waals surface area contributed by atoms with Gasteiger partial charge in [-0.25, -0.2) is 0 Å². The summed E-state index contributed by atoms with van der Waals surface area (Å²) < 4.78 is 6.66. The summed E-state index contributed by atoms with van der Waals surface area (Å²) in [4.78, 5) is 0. The summed E-state index contributed by atoms with van der Waals surface area (Å²) in [5.41, 5.74) is 0.805. The summed E-state index contributed by atoms with van der Waals surface area (Å²) >= 11 is 11.2. The Kier molecular flexibility index (Phi) is 3.08. The number of hydrogen-bond acceptors (Lipinski definition) is 3. The first-order valence-corrected chi connectivity index (χ1v) is 5.85. The third kappa shape index (κ3) is 2.26. The van der Waals surface area contributed by atoms with Crippen LogP contribution in [-0.2, 0) is 0 Å². The molecule has 6 heteroatoms. The van der Waals surface area contributed by atoms with Crippen LogP contribution in [0.1, 0.15) is 0 Å². The van der Waals surface area contributed by atoms with Gasteiger partial charge in [0.25, 0.3) is 3.90 Å². The molecule has 0 saturated carbocycles. The van der Waals surface area contributed by atoms with Gasteiger partial charge in [0, 0.05) is 37.6 Å². The quantitative estimate of drug-likeness (QED) is 0.702. The van der Waals surface area contributed by atoms with Crippen molar-refractivity contribution in [3.05, 3.63) is 31.6 Å². The molecule has 1 aromatic heterocycles. The number of nitrogens with zero attached hydrogens (tertiary/aromatic N) is 2. The van der Waals surface area contributed by atoms with Crippen LogP contribution in [0.25, 0.3) is 11.5 Å². The van der Waals surface area contributed by atoms with Gasteiger partial charge in [0.1, 0.15) is 0 Å². The van der Waals surface area contributed by atoms with Crippen molar-refractivity contribution >= 4 is 50.1 Å². The fraction of sp³-hybridized carbons (Fsp3) is 0. The molecule has 0 atom stereocenters. The van der Waals surface area contributed by atoms with Crippen LogP contribution >= 0.6 is 50.1 Å². The zero-order chi connectivity index (χ0) is 10.1. The van der Waals surface area contributed by atoms with Crippen LogP contribution in [0.2, 0.25) is 5.02 Å². The van der Waals surface area contributed by atoms with Gasteiger partial charge in [-0.2, -0.15) is 0 Å². The topological polar surface area (TPSA) is 38.9 Å². The van der Waals surface area contributed by atoms with Crippen molar-refractivity contribution in [1.82, 2.24) is 10.2 Å². The van der Waals surface area contributed by atoms with Gasteiger partial charge in [-0.3, -0.25) is 0 Å². The van der Waals surface area contributed by atoms with E-state index < -0.39 is 0 Å². The van der Waals surface area contributed by atoms with Crippen LogP contribution in [0.4, 0.5) is 0 Å². The molecule has 0 amide bonds. The highest BCUT2D eigenvalue weighted by Crippen LogP contribution is 2.26. The van der Waals surface area contributed by atoms with Crippen molar-refractivity contribution in [2.24, 2.45) is 0 Å². The molecule has 0 radical (unpaired) electrons. The van der Waals surface area contributed by atoms with Gasteiger partial charge in [0.2, 0.25) is 5.89 Å². The van der Waals surface area contributed by atoms with Gasteiger partial charge in [0.15, 0.2) is 0 Å². The number of hydrogen-bond donors (Lipinski definition) is 0. The molecule has 0 bridgehead atoms. The second kappa shape index (κ2) is 4.16. The van der Waals surface area contributed by atoms with E-state index in [1.54, 1.807) is 12.1 Å². The monoisotopic (exact) mass is 384 g/mol. The first kappa shape index (κ1) is 10.4. The molecule has 1 heterocycles. The smallest absolute Gasteiger partial charge is 0.278 e. The number of benzene rings is 1. The average molecular weight is 385 g/mol. The number of halogens is 3. The highest BCUT2D eigenvalue weighted by atomic mass is 127. The number of aromatic nitrogens is 2. The molecule has 2 aromatic rings. The van der Waals surface area contributed by atoms with Gasteiger partial charge in [-0.15, -0.1) is 10.2 Å². The van der Waals surface area contributed by atoms with Crippen LogP contribution < -0.4 is 0 Å². The van der Waals surface area contributed by atoms with Gasteiger partial charge in [-0.1, -0.05) is 27.5 Å². The lowest BCUT2D eigenvalue weighted by atomic mass is 10.2. The molecular formula is C8H3BrClIN2O. The van der Waals surface area contributed by atoms with E-state index in [2.05, 4.69) is 26.1 Å². The standard InChI is InChI=1S/C8H3BrClIN2O/c9-5-1-4(2-6(10)3-5)7-12-13-8(11)14-7/h1-3H. The second-order valence-electron chi connectivity index (χ2n) is 2.52. The van der Waals surface area contributed by atoms with E-state index in [1.165, 1.54) is 0 Å². The van der Waals surface area contributed by atoms with Crippen molar-refractivity contribution < 1.29 is 4.42 Å². The summed E-state index contributed by atoms with van der Waals surface area (Å²) in [6, 6.07) is 5.44. The molecule has 0 aliphatic rings. The number of rotatable bonds is 1. The SMILES string of the molecule is Clc1cc(Br)cc(-c2nnc(I)o2)c1. The summed E-state index contributed by atoms with van der Waals surface area (Å²) in [5.74, 6) is 0.470. The zero-order valence-electron chi connectivity index (χ0n) is 6.67. The maximum Gasteiger partial charge on any atom is 0.278 e. The molecule has 0 aliphatic carbocycles. The molecule has 0 saturated heterocycles. The lowest BCUT2D eigenvalue weighted by Gasteiger charge is -1.97. The Morgan fingerprint density at radius 3 is 2.64 bits per heavy atom. The van der Waals surface area contributed by atoms with E-state index in [0.717, 1.165) is 10.0 Å². The van der Waals surface area contributed by atoms with Crippen LogP contribution in [-0.4, -0.2) is 10.2 Å². The molecular weight excluding hydrogens is 382 g/mol. The van der Waals surface area contributed by atoms with Crippen molar-refractivity contribution in [2.45, 2.75) is 0 Å². The Hall–Kier alpha value is -0.140. The summed E-state index contributed by atoms with van der Waals surface area (Å²) in [6.07, 6.45) is 0. The minimum Gasteiger partial charge on any atom is -0.412 e. The first-order valence-electron chi connectivity index (χ1n) is 3.60. The van der Waals surface area contributed by atoms with Crippen molar-refractivity contribution in [3.8, 4) is 11.5 Å². The molecule has 14 heavy (non-hydrogen) atoms. The highest BCUT2D eigenvalue weighted by Gasteiger charge is 2.07. The largest absolute Gasteiger partial charge is 0.412 e. The lowest BCUT2D eigenvalue weighted by molar-refractivity contribution is 0.537. The van der Waals surface area contributed by atoms with Gasteiger partial charge in [0.05, 0.1) is 0 Å². The average Bonchev–Trinajstić information content (AvgIpc) is 2.50. The summed E-state index contributed by atoms with van der Waals surface area (Å²) in [6.45, 7) is 0. The van der Waals surface area contributed by atoms with E-state index in [4.69, 9.17) is 16.0 Å². The first-order chi connectivity index (χ1) is 6.65. The Bertz CT molecular complexity index is 454. The van der Waals surface area contributed by atoms with Crippen LogP contribution in [0.5, 0.6) is 0 Å². The Labute approximate surface area is 107 Å². The maximum absolute atomic E-state index is 5.89. The molecule has 0 aliphatic heterocycles. The predicted octanol–water partition coefficient (Wildman–Crippen LogP) is 3.76. The van der Waals surface area contributed by atoms with Gasteiger partial charge >= 0.3 is 0 Å². The highest BCUT2D eigenvalue weighted by molar-refractivity contribution is 14.1. The maximum atomic E-state index is 5.89. The van der Waals surface area contributed by atoms with Gasteiger partial charge in [-0.05, 0) is 18.2 Å². The molecule has 0 unspecified atom stereocenters. The van der Waals surface area contributed by atoms with Crippen molar-refractivity contribution in [3.63, 3.8) is 0 Å². The molecule has 0 fully saturated rings. The molecule has 3 nitrogen and oxygen atoms in total. The fourth-order valence-electron chi connectivity index (χ4n) is 0.999. The predicted molar refractivity (Wildman–Crippen MR) is 65.2 cm³/mol. The van der Waals surface area contributed by atoms with Gasteiger partial charge < -0.3 is 4.42 Å². The zero-order valence-corrected chi connectivity index (χ0v) is 11.2. The van der Waals surface area contributed by atoms with Crippen LogP contribution in [0.15, 0.2) is 27.1 Å². The Balaban J connectivity index is 2.51. The second-order valence-corrected chi connectivity index (χ2v) is 4.79. The molecule has 72 valence electrons. The third-order valence-corrected chi connectivity index (χ3v) is 2.62. The molecule has 1 aromatic carbocycles. The van der Waals surface area contributed by atoms with E-state index in [-0.39, 0.29) is 0 Å². The van der Waals surface area contributed by atoms with Crippen molar-refractivity contribution in [1.29, 1.82) is 0 Å². The van der Waals surface area contributed by atoms with Crippen LogP contribution in [0, 0.1) is 3.90 Å². The van der Waals surface area contributed by atoms with E-state index in [9.17, 15) is 0 Å².